The van der Waals surface area contributed by atoms with Gasteiger partial charge >= 0.3 is 0 Å². The van der Waals surface area contributed by atoms with Crippen molar-refractivity contribution in [1.29, 1.82) is 0 Å². The molecule has 1 N–H and O–H groups in total. The summed E-state index contributed by atoms with van der Waals surface area (Å²) in [6, 6.07) is 25.0. The zero-order valence-corrected chi connectivity index (χ0v) is 22.5. The Balaban J connectivity index is 1.40. The highest BCUT2D eigenvalue weighted by molar-refractivity contribution is 14.1. The number of nitrogens with one attached hydrogen (secondary N) is 1. The van der Waals surface area contributed by atoms with E-state index in [1.165, 1.54) is 0 Å². The Bertz CT molecular complexity index is 1040. The lowest BCUT2D eigenvalue weighted by molar-refractivity contribution is -0.127. The quantitative estimate of drug-likeness (QED) is 0.157. The van der Waals surface area contributed by atoms with Gasteiger partial charge in [0.25, 0.3) is 5.91 Å². The van der Waals surface area contributed by atoms with E-state index in [1.807, 2.05) is 101 Å². The maximum atomic E-state index is 12.4. The van der Waals surface area contributed by atoms with Crippen molar-refractivity contribution in [3.05, 3.63) is 90.0 Å². The van der Waals surface area contributed by atoms with Crippen LogP contribution < -0.4 is 14.8 Å². The van der Waals surface area contributed by atoms with Gasteiger partial charge < -0.3 is 14.8 Å². The van der Waals surface area contributed by atoms with Gasteiger partial charge in [-0.2, -0.15) is 0 Å². The predicted molar refractivity (Wildman–Crippen MR) is 147 cm³/mol. The normalized spacial score (nSPS) is 12.5. The van der Waals surface area contributed by atoms with Gasteiger partial charge in [-0.15, -0.1) is 0 Å². The van der Waals surface area contributed by atoms with Gasteiger partial charge in [0.15, 0.2) is 6.10 Å². The lowest BCUT2D eigenvalue weighted by atomic mass is 10.1. The molecule has 0 radical (unpaired) electrons. The fraction of sp³-hybridized carbons (Fsp3) is 0.231. The van der Waals surface area contributed by atoms with Crippen molar-refractivity contribution in [2.24, 2.45) is 0 Å². The molecule has 1 amide bonds. The molecule has 0 unspecified atom stereocenters. The highest BCUT2D eigenvalue weighted by Gasteiger charge is 2.15. The Morgan fingerprint density at radius 3 is 2.06 bits per heavy atom. The maximum absolute atomic E-state index is 12.4. The molecule has 3 aromatic rings. The van der Waals surface area contributed by atoms with E-state index < -0.39 is 6.10 Å². The molecule has 0 bridgehead atoms. The Kier molecular flexibility index (Phi) is 9.98. The van der Waals surface area contributed by atoms with Crippen LogP contribution in [-0.4, -0.2) is 26.3 Å². The minimum atomic E-state index is -0.606. The number of para-hydroxylation sites is 1. The number of hydrogen-bond acceptors (Lipinski definition) is 4. The molecular formula is C26H25I2NO4. The summed E-state index contributed by atoms with van der Waals surface area (Å²) in [5, 5.41) is 2.92. The van der Waals surface area contributed by atoms with Gasteiger partial charge in [0.1, 0.15) is 17.2 Å². The van der Waals surface area contributed by atoms with Gasteiger partial charge in [0, 0.05) is 29.1 Å². The van der Waals surface area contributed by atoms with Crippen LogP contribution in [0.4, 0.5) is 0 Å². The van der Waals surface area contributed by atoms with Crippen molar-refractivity contribution in [2.75, 3.05) is 6.54 Å². The first kappa shape index (κ1) is 25.5. The number of rotatable bonds is 11. The number of carbonyl (C=O) groups is 2. The van der Waals surface area contributed by atoms with E-state index in [1.54, 1.807) is 6.92 Å². The third-order valence-corrected chi connectivity index (χ3v) is 7.83. The van der Waals surface area contributed by atoms with Gasteiger partial charge in [0.2, 0.25) is 3.79 Å². The number of hydrogen-bond donors (Lipinski definition) is 1. The molecule has 0 aliphatic rings. The van der Waals surface area contributed by atoms with Crippen molar-refractivity contribution < 1.29 is 19.1 Å². The van der Waals surface area contributed by atoms with Crippen LogP contribution in [0.3, 0.4) is 0 Å². The minimum absolute atomic E-state index is 0.0488. The van der Waals surface area contributed by atoms with E-state index in [-0.39, 0.29) is 13.6 Å². The van der Waals surface area contributed by atoms with Crippen LogP contribution in [0.2, 0.25) is 0 Å². The second-order valence-electron chi connectivity index (χ2n) is 7.48. The molecule has 0 saturated heterocycles. The molecule has 0 aromatic heterocycles. The maximum Gasteiger partial charge on any atom is 0.260 e. The third kappa shape index (κ3) is 8.62. The van der Waals surface area contributed by atoms with Crippen LogP contribution in [0.5, 0.6) is 17.2 Å². The number of benzene rings is 3. The van der Waals surface area contributed by atoms with Crippen LogP contribution in [0.15, 0.2) is 78.9 Å². The van der Waals surface area contributed by atoms with Crippen LogP contribution >= 0.6 is 45.2 Å². The first-order valence-corrected chi connectivity index (χ1v) is 12.9. The summed E-state index contributed by atoms with van der Waals surface area (Å²) in [7, 11) is 0. The second kappa shape index (κ2) is 12.9. The summed E-state index contributed by atoms with van der Waals surface area (Å²) in [6.07, 6.45) is 0.787. The summed E-state index contributed by atoms with van der Waals surface area (Å²) in [6.45, 7) is 2.25. The van der Waals surface area contributed by atoms with Crippen molar-refractivity contribution >= 4 is 54.9 Å². The largest absolute Gasteiger partial charge is 0.481 e. The topological polar surface area (TPSA) is 64.6 Å². The average molecular weight is 669 g/mol. The van der Waals surface area contributed by atoms with Gasteiger partial charge in [-0.25, -0.2) is 0 Å². The lowest BCUT2D eigenvalue weighted by Crippen LogP contribution is -2.37. The molecule has 3 rings (SSSR count). The minimum Gasteiger partial charge on any atom is -0.481 e. The Hall–Kier alpha value is -2.14. The van der Waals surface area contributed by atoms with Crippen molar-refractivity contribution in [3.8, 4) is 17.2 Å². The predicted octanol–water partition coefficient (Wildman–Crippen LogP) is 5.91. The molecule has 0 saturated carbocycles. The SMILES string of the molecule is C[C@@H](Oc1ccc(C[C@H](I)C(=O)I)cc1)C(=O)NCCc1ccc(Oc2ccccc2)cc1. The number of halogens is 2. The molecule has 3 aromatic carbocycles. The van der Waals surface area contributed by atoms with E-state index in [4.69, 9.17) is 9.47 Å². The Labute approximate surface area is 221 Å². The number of carbonyl (C=O) groups excluding carboxylic acids is 2. The van der Waals surface area contributed by atoms with Crippen molar-refractivity contribution in [3.63, 3.8) is 0 Å². The van der Waals surface area contributed by atoms with E-state index in [0.29, 0.717) is 25.1 Å². The van der Waals surface area contributed by atoms with Gasteiger partial charge in [-0.1, -0.05) is 65.1 Å². The van der Waals surface area contributed by atoms with E-state index in [9.17, 15) is 9.59 Å². The van der Waals surface area contributed by atoms with Gasteiger partial charge in [-0.3, -0.25) is 9.59 Å². The fourth-order valence-corrected chi connectivity index (χ4v) is 3.80. The summed E-state index contributed by atoms with van der Waals surface area (Å²) >= 11 is 3.97. The lowest BCUT2D eigenvalue weighted by Gasteiger charge is -2.15. The van der Waals surface area contributed by atoms with Crippen molar-refractivity contribution in [2.45, 2.75) is 29.8 Å². The van der Waals surface area contributed by atoms with Gasteiger partial charge in [-0.05, 0) is 67.3 Å². The molecule has 0 heterocycles. The van der Waals surface area contributed by atoms with Crippen LogP contribution in [0.1, 0.15) is 18.1 Å². The summed E-state index contributed by atoms with van der Waals surface area (Å²) in [5.41, 5.74) is 2.17. The Morgan fingerprint density at radius 1 is 0.848 bits per heavy atom. The highest BCUT2D eigenvalue weighted by atomic mass is 127. The van der Waals surface area contributed by atoms with Crippen LogP contribution in [0.25, 0.3) is 0 Å². The fourth-order valence-electron chi connectivity index (χ4n) is 3.07. The van der Waals surface area contributed by atoms with Crippen LogP contribution in [0, 0.1) is 0 Å². The van der Waals surface area contributed by atoms with E-state index in [2.05, 4.69) is 27.9 Å². The first-order valence-electron chi connectivity index (χ1n) is 10.6. The van der Waals surface area contributed by atoms with Crippen LogP contribution in [-0.2, 0) is 22.4 Å². The first-order chi connectivity index (χ1) is 15.9. The smallest absolute Gasteiger partial charge is 0.260 e. The molecule has 2 atom stereocenters. The molecule has 7 heteroatoms. The number of ether oxygens (including phenoxy) is 2. The highest BCUT2D eigenvalue weighted by Crippen LogP contribution is 2.21. The molecule has 0 fully saturated rings. The zero-order valence-electron chi connectivity index (χ0n) is 18.2. The molecule has 0 spiro atoms. The summed E-state index contributed by atoms with van der Waals surface area (Å²) in [4.78, 5) is 23.8. The Morgan fingerprint density at radius 2 is 1.42 bits per heavy atom. The monoisotopic (exact) mass is 669 g/mol. The third-order valence-electron chi connectivity index (χ3n) is 4.88. The number of amides is 1. The molecule has 0 aliphatic heterocycles. The molecule has 33 heavy (non-hydrogen) atoms. The summed E-state index contributed by atoms with van der Waals surface area (Å²) in [5.74, 6) is 2.04. The molecule has 172 valence electrons. The van der Waals surface area contributed by atoms with E-state index >= 15 is 0 Å². The molecular weight excluding hydrogens is 644 g/mol. The second-order valence-corrected chi connectivity index (χ2v) is 10.0. The van der Waals surface area contributed by atoms with E-state index in [0.717, 1.165) is 22.6 Å². The number of alkyl halides is 1. The molecule has 0 aliphatic carbocycles. The zero-order chi connectivity index (χ0) is 23.6. The molecule has 5 nitrogen and oxygen atoms in total. The van der Waals surface area contributed by atoms with Gasteiger partial charge in [0.05, 0.1) is 3.92 Å². The standard InChI is InChI=1S/C26H25I2NO4/c1-18(32-22-13-9-20(10-14-22)17-24(27)25(28)30)26(31)29-16-15-19-7-11-23(12-8-19)33-21-5-3-2-4-6-21/h2-14,18,24H,15-17H2,1H3,(H,29,31)/t18-,24+/m1/s1. The average Bonchev–Trinajstić information content (AvgIpc) is 2.82. The summed E-state index contributed by atoms with van der Waals surface area (Å²) < 4.78 is 11.6. The van der Waals surface area contributed by atoms with Crippen molar-refractivity contribution in [1.82, 2.24) is 5.32 Å².